The lowest BCUT2D eigenvalue weighted by molar-refractivity contribution is -0.137. The number of rotatable bonds is 11. The maximum atomic E-state index is 12.7. The van der Waals surface area contributed by atoms with Crippen LogP contribution < -0.4 is 9.08 Å². The van der Waals surface area contributed by atoms with Gasteiger partial charge in [-0.05, 0) is 40.2 Å². The molecule has 0 aliphatic rings. The van der Waals surface area contributed by atoms with Gasteiger partial charge in [0.15, 0.2) is 0 Å². The van der Waals surface area contributed by atoms with E-state index in [0.717, 1.165) is 25.2 Å². The lowest BCUT2D eigenvalue weighted by atomic mass is 10.1. The van der Waals surface area contributed by atoms with Gasteiger partial charge in [-0.25, -0.2) is 0 Å². The van der Waals surface area contributed by atoms with E-state index in [1.165, 1.54) is 0 Å². The Kier molecular flexibility index (Phi) is 9.27. The van der Waals surface area contributed by atoms with Crippen LogP contribution in [0.4, 0.5) is 5.69 Å². The molecule has 7 heteroatoms. The van der Waals surface area contributed by atoms with Crippen molar-refractivity contribution in [2.75, 3.05) is 23.7 Å². The van der Waals surface area contributed by atoms with E-state index in [4.69, 9.17) is 4.18 Å². The van der Waals surface area contributed by atoms with Gasteiger partial charge in [0.25, 0.3) is 0 Å². The monoisotopic (exact) mass is 412 g/mol. The normalized spacial score (nSPS) is 12.7. The molecule has 0 aliphatic heterocycles. The molecule has 1 atom stereocenters. The van der Waals surface area contributed by atoms with Gasteiger partial charge in [0.1, 0.15) is 5.75 Å². The fourth-order valence-electron chi connectivity index (χ4n) is 2.92. The van der Waals surface area contributed by atoms with Crippen molar-refractivity contribution < 1.29 is 17.4 Å². The minimum Gasteiger partial charge on any atom is -0.382 e. The lowest BCUT2D eigenvalue weighted by Crippen LogP contribution is -2.40. The number of hydrogen-bond acceptors (Lipinski definition) is 5. The van der Waals surface area contributed by atoms with E-state index in [-0.39, 0.29) is 23.6 Å². The first-order valence-electron chi connectivity index (χ1n) is 10.2. The molecule has 0 bridgehead atoms. The Morgan fingerprint density at radius 1 is 1.07 bits per heavy atom. The molecule has 0 aromatic heterocycles. The van der Waals surface area contributed by atoms with E-state index < -0.39 is 10.1 Å². The number of carbonyl (C=O) groups is 1. The summed E-state index contributed by atoms with van der Waals surface area (Å²) < 4.78 is 29.7. The molecule has 1 amide bonds. The second-order valence-corrected chi connectivity index (χ2v) is 9.13. The van der Waals surface area contributed by atoms with Crippen molar-refractivity contribution in [3.63, 3.8) is 0 Å². The van der Waals surface area contributed by atoms with Crippen LogP contribution in [0.25, 0.3) is 0 Å². The van der Waals surface area contributed by atoms with Gasteiger partial charge >= 0.3 is 10.1 Å². The molecule has 1 aromatic rings. The molecule has 0 radical (unpaired) electrons. The lowest BCUT2D eigenvalue weighted by Gasteiger charge is -2.31. The molecule has 0 aliphatic carbocycles. The van der Waals surface area contributed by atoms with Gasteiger partial charge in [-0.3, -0.25) is 4.79 Å². The Labute approximate surface area is 171 Å². The summed E-state index contributed by atoms with van der Waals surface area (Å²) in [4.78, 5) is 16.7. The average Bonchev–Trinajstić information content (AvgIpc) is 2.66. The zero-order valence-corrected chi connectivity index (χ0v) is 19.2. The fraction of sp³-hybridized carbons (Fsp3) is 0.667. The SMILES string of the molecule is CC[C@@H](C)N(Cc1ccc(N(CC)CC)cc1OS(=O)(=O)CC)C(=O)C(C)C. The maximum Gasteiger partial charge on any atom is 0.308 e. The molecule has 0 spiro atoms. The van der Waals surface area contributed by atoms with Crippen molar-refractivity contribution in [3.05, 3.63) is 23.8 Å². The summed E-state index contributed by atoms with van der Waals surface area (Å²) in [5.74, 6) is 0.109. The first kappa shape index (κ1) is 24.3. The summed E-state index contributed by atoms with van der Waals surface area (Å²) in [6, 6.07) is 5.65. The smallest absolute Gasteiger partial charge is 0.308 e. The number of anilines is 1. The van der Waals surface area contributed by atoms with Crippen LogP contribution in [0.5, 0.6) is 5.75 Å². The number of benzene rings is 1. The summed E-state index contributed by atoms with van der Waals surface area (Å²) >= 11 is 0. The van der Waals surface area contributed by atoms with E-state index in [9.17, 15) is 13.2 Å². The largest absolute Gasteiger partial charge is 0.382 e. The highest BCUT2D eigenvalue weighted by atomic mass is 32.2. The van der Waals surface area contributed by atoms with E-state index >= 15 is 0 Å². The summed E-state index contributed by atoms with van der Waals surface area (Å²) in [6.07, 6.45) is 0.819. The van der Waals surface area contributed by atoms with Gasteiger partial charge in [-0.1, -0.05) is 26.8 Å². The zero-order valence-electron chi connectivity index (χ0n) is 18.4. The zero-order chi connectivity index (χ0) is 21.5. The predicted octanol–water partition coefficient (Wildman–Crippen LogP) is 4.04. The third-order valence-electron chi connectivity index (χ3n) is 4.99. The van der Waals surface area contributed by atoms with Crippen LogP contribution >= 0.6 is 0 Å². The molecule has 0 saturated heterocycles. The highest BCUT2D eigenvalue weighted by Gasteiger charge is 2.24. The Hall–Kier alpha value is -1.76. The van der Waals surface area contributed by atoms with Crippen molar-refractivity contribution >= 4 is 21.7 Å². The minimum atomic E-state index is -3.67. The molecule has 6 nitrogen and oxygen atoms in total. The standard InChI is InChI=1S/C21H36N2O4S/c1-8-17(7)23(21(24)16(5)6)15-18-12-13-19(22(9-2)10-3)14-20(18)27-28(25,26)11-4/h12-14,16-17H,8-11,15H2,1-7H3/t17-/m1/s1. The molecular weight excluding hydrogens is 376 g/mol. The van der Waals surface area contributed by atoms with Crippen LogP contribution in [-0.4, -0.2) is 44.1 Å². The predicted molar refractivity (Wildman–Crippen MR) is 115 cm³/mol. The molecule has 1 aromatic carbocycles. The first-order chi connectivity index (χ1) is 13.1. The Morgan fingerprint density at radius 2 is 1.68 bits per heavy atom. The number of hydrogen-bond donors (Lipinski definition) is 0. The summed E-state index contributed by atoms with van der Waals surface area (Å²) in [6.45, 7) is 15.4. The Morgan fingerprint density at radius 3 is 2.14 bits per heavy atom. The van der Waals surface area contributed by atoms with Gasteiger partial charge < -0.3 is 14.0 Å². The van der Waals surface area contributed by atoms with Crippen LogP contribution in [0.15, 0.2) is 18.2 Å². The molecular formula is C21H36N2O4S. The van der Waals surface area contributed by atoms with Crippen LogP contribution in [-0.2, 0) is 21.5 Å². The average molecular weight is 413 g/mol. The molecule has 1 rings (SSSR count). The maximum absolute atomic E-state index is 12.7. The quantitative estimate of drug-likeness (QED) is 0.513. The minimum absolute atomic E-state index is 0.0477. The van der Waals surface area contributed by atoms with E-state index in [1.807, 2.05) is 58.6 Å². The van der Waals surface area contributed by atoms with E-state index in [2.05, 4.69) is 4.90 Å². The Bertz CT molecular complexity index is 743. The fourth-order valence-corrected chi connectivity index (χ4v) is 3.47. The highest BCUT2D eigenvalue weighted by molar-refractivity contribution is 7.87. The van der Waals surface area contributed by atoms with Gasteiger partial charge in [0.05, 0.1) is 5.75 Å². The first-order valence-corrected chi connectivity index (χ1v) is 11.8. The van der Waals surface area contributed by atoms with Crippen molar-refractivity contribution in [3.8, 4) is 5.75 Å². The van der Waals surface area contributed by atoms with Crippen LogP contribution in [0.2, 0.25) is 0 Å². The van der Waals surface area contributed by atoms with E-state index in [0.29, 0.717) is 17.9 Å². The molecule has 0 heterocycles. The number of carbonyl (C=O) groups excluding carboxylic acids is 1. The topological polar surface area (TPSA) is 66.9 Å². The van der Waals surface area contributed by atoms with Crippen LogP contribution in [0.1, 0.15) is 60.5 Å². The number of nitrogens with zero attached hydrogens (tertiary/aromatic N) is 2. The second kappa shape index (κ2) is 10.7. The van der Waals surface area contributed by atoms with Gasteiger partial charge in [0, 0.05) is 48.9 Å². The molecule has 0 unspecified atom stereocenters. The van der Waals surface area contributed by atoms with Crippen molar-refractivity contribution in [1.82, 2.24) is 4.90 Å². The summed E-state index contributed by atoms with van der Waals surface area (Å²) in [5, 5.41) is 0. The summed E-state index contributed by atoms with van der Waals surface area (Å²) in [5.41, 5.74) is 1.60. The summed E-state index contributed by atoms with van der Waals surface area (Å²) in [7, 11) is -3.67. The van der Waals surface area contributed by atoms with Crippen molar-refractivity contribution in [2.45, 2.75) is 67.5 Å². The molecule has 160 valence electrons. The molecule has 0 saturated carbocycles. The highest BCUT2D eigenvalue weighted by Crippen LogP contribution is 2.29. The van der Waals surface area contributed by atoms with Gasteiger partial charge in [-0.2, -0.15) is 8.42 Å². The van der Waals surface area contributed by atoms with Crippen LogP contribution in [0, 0.1) is 5.92 Å². The van der Waals surface area contributed by atoms with Crippen molar-refractivity contribution in [1.29, 1.82) is 0 Å². The molecule has 28 heavy (non-hydrogen) atoms. The number of amides is 1. The third kappa shape index (κ3) is 6.40. The van der Waals surface area contributed by atoms with Crippen LogP contribution in [0.3, 0.4) is 0 Å². The molecule has 0 fully saturated rings. The van der Waals surface area contributed by atoms with Crippen molar-refractivity contribution in [2.24, 2.45) is 5.92 Å². The third-order valence-corrected chi connectivity index (χ3v) is 6.13. The van der Waals surface area contributed by atoms with Gasteiger partial charge in [0.2, 0.25) is 5.91 Å². The van der Waals surface area contributed by atoms with E-state index in [1.54, 1.807) is 13.0 Å². The van der Waals surface area contributed by atoms with Gasteiger partial charge in [-0.15, -0.1) is 0 Å². The molecule has 0 N–H and O–H groups in total. The Balaban J connectivity index is 3.39. The second-order valence-electron chi connectivity index (χ2n) is 7.27.